The van der Waals surface area contributed by atoms with Gasteiger partial charge >= 0.3 is 5.97 Å². The lowest BCUT2D eigenvalue weighted by Gasteiger charge is -2.37. The molecule has 0 saturated carbocycles. The lowest BCUT2D eigenvalue weighted by Crippen LogP contribution is -2.51. The molecule has 0 aliphatic carbocycles. The molecule has 0 radical (unpaired) electrons. The van der Waals surface area contributed by atoms with Gasteiger partial charge < -0.3 is 14.9 Å². The van der Waals surface area contributed by atoms with E-state index in [0.717, 1.165) is 0 Å². The van der Waals surface area contributed by atoms with Gasteiger partial charge in [-0.1, -0.05) is 0 Å². The van der Waals surface area contributed by atoms with Crippen LogP contribution in [0.1, 0.15) is 10.4 Å². The Morgan fingerprint density at radius 3 is 2.60 bits per heavy atom. The molecule has 1 aliphatic heterocycles. The smallest absolute Gasteiger partial charge is 0.335 e. The zero-order chi connectivity index (χ0) is 14.9. The second-order valence-corrected chi connectivity index (χ2v) is 6.45. The SMILES string of the molecule is COc1cc(C(=O)O)ccc1S(=O)(=O)N1CC(CO)C1. The second kappa shape index (κ2) is 5.39. The molecule has 1 aromatic rings. The van der Waals surface area contributed by atoms with Crippen molar-refractivity contribution < 1.29 is 28.2 Å². The predicted octanol–water partition coefficient (Wildman–Crippen LogP) is 0.00620. The summed E-state index contributed by atoms with van der Waals surface area (Å²) in [6.07, 6.45) is 0. The van der Waals surface area contributed by atoms with Gasteiger partial charge in [0, 0.05) is 25.6 Å². The lowest BCUT2D eigenvalue weighted by atomic mass is 10.1. The van der Waals surface area contributed by atoms with Crippen molar-refractivity contribution in [2.75, 3.05) is 26.8 Å². The Morgan fingerprint density at radius 1 is 1.45 bits per heavy atom. The fourth-order valence-corrected chi connectivity index (χ4v) is 3.72. The van der Waals surface area contributed by atoms with Crippen LogP contribution in [-0.2, 0) is 10.0 Å². The Labute approximate surface area is 116 Å². The highest BCUT2D eigenvalue weighted by Gasteiger charge is 2.37. The van der Waals surface area contributed by atoms with Gasteiger partial charge in [-0.15, -0.1) is 0 Å². The van der Waals surface area contributed by atoms with Gasteiger partial charge in [0.05, 0.1) is 12.7 Å². The van der Waals surface area contributed by atoms with Crippen molar-refractivity contribution in [1.82, 2.24) is 4.31 Å². The highest BCUT2D eigenvalue weighted by molar-refractivity contribution is 7.89. The van der Waals surface area contributed by atoms with Crippen molar-refractivity contribution in [3.63, 3.8) is 0 Å². The number of carboxylic acid groups (broad SMARTS) is 1. The molecule has 8 heteroatoms. The van der Waals surface area contributed by atoms with E-state index in [1.54, 1.807) is 0 Å². The van der Waals surface area contributed by atoms with Gasteiger partial charge in [-0.3, -0.25) is 0 Å². The zero-order valence-electron chi connectivity index (χ0n) is 10.8. The van der Waals surface area contributed by atoms with Crippen LogP contribution in [-0.4, -0.2) is 55.7 Å². The summed E-state index contributed by atoms with van der Waals surface area (Å²) < 4.78 is 30.9. The van der Waals surface area contributed by atoms with E-state index in [0.29, 0.717) is 0 Å². The average molecular weight is 301 g/mol. The highest BCUT2D eigenvalue weighted by Crippen LogP contribution is 2.31. The first-order valence-corrected chi connectivity index (χ1v) is 7.36. The van der Waals surface area contributed by atoms with Crippen LogP contribution in [0.5, 0.6) is 5.75 Å². The van der Waals surface area contributed by atoms with Crippen molar-refractivity contribution in [2.45, 2.75) is 4.90 Å². The third-order valence-corrected chi connectivity index (χ3v) is 5.08. The van der Waals surface area contributed by atoms with Crippen LogP contribution in [0.15, 0.2) is 23.1 Å². The van der Waals surface area contributed by atoms with Gasteiger partial charge in [-0.2, -0.15) is 4.31 Å². The summed E-state index contributed by atoms with van der Waals surface area (Å²) in [6.45, 7) is 0.451. The largest absolute Gasteiger partial charge is 0.495 e. The maximum absolute atomic E-state index is 12.4. The first-order valence-electron chi connectivity index (χ1n) is 5.92. The van der Waals surface area contributed by atoms with Crippen molar-refractivity contribution >= 4 is 16.0 Å². The fraction of sp³-hybridized carbons (Fsp3) is 0.417. The summed E-state index contributed by atoms with van der Waals surface area (Å²) in [5.41, 5.74) is -0.0438. The topological polar surface area (TPSA) is 104 Å². The van der Waals surface area contributed by atoms with E-state index < -0.39 is 16.0 Å². The summed E-state index contributed by atoms with van der Waals surface area (Å²) in [6, 6.07) is 3.63. The van der Waals surface area contributed by atoms with E-state index in [1.807, 2.05) is 0 Å². The molecule has 1 aromatic carbocycles. The molecule has 0 unspecified atom stereocenters. The van der Waals surface area contributed by atoms with Crippen LogP contribution in [0.2, 0.25) is 0 Å². The van der Waals surface area contributed by atoms with Gasteiger partial charge in [0.1, 0.15) is 10.6 Å². The molecule has 1 fully saturated rings. The average Bonchev–Trinajstić information content (AvgIpc) is 2.36. The number of carbonyl (C=O) groups is 1. The summed E-state index contributed by atoms with van der Waals surface area (Å²) in [5, 5.41) is 17.8. The van der Waals surface area contributed by atoms with E-state index in [2.05, 4.69) is 0 Å². The van der Waals surface area contributed by atoms with Crippen LogP contribution in [0, 0.1) is 5.92 Å². The first-order chi connectivity index (χ1) is 9.40. The molecule has 0 amide bonds. The van der Waals surface area contributed by atoms with Crippen molar-refractivity contribution in [2.24, 2.45) is 5.92 Å². The maximum atomic E-state index is 12.4. The van der Waals surface area contributed by atoms with E-state index in [1.165, 1.54) is 29.6 Å². The molecule has 0 spiro atoms. The van der Waals surface area contributed by atoms with Gasteiger partial charge in [-0.05, 0) is 18.2 Å². The Hall–Kier alpha value is -1.64. The van der Waals surface area contributed by atoms with Gasteiger partial charge in [-0.25, -0.2) is 13.2 Å². The van der Waals surface area contributed by atoms with Gasteiger partial charge in [0.25, 0.3) is 0 Å². The molecule has 7 nitrogen and oxygen atoms in total. The maximum Gasteiger partial charge on any atom is 0.335 e. The van der Waals surface area contributed by atoms with Gasteiger partial charge in [0.15, 0.2) is 0 Å². The number of hydrogen-bond donors (Lipinski definition) is 2. The zero-order valence-corrected chi connectivity index (χ0v) is 11.6. The Morgan fingerprint density at radius 2 is 2.10 bits per heavy atom. The number of methoxy groups -OCH3 is 1. The van der Waals surface area contributed by atoms with Crippen LogP contribution >= 0.6 is 0 Å². The molecular formula is C12H15NO6S. The Kier molecular flexibility index (Phi) is 3.98. The molecule has 20 heavy (non-hydrogen) atoms. The number of benzene rings is 1. The van der Waals surface area contributed by atoms with E-state index >= 15 is 0 Å². The molecule has 1 aliphatic rings. The number of sulfonamides is 1. The first kappa shape index (κ1) is 14.8. The fourth-order valence-electron chi connectivity index (χ4n) is 1.99. The highest BCUT2D eigenvalue weighted by atomic mass is 32.2. The third kappa shape index (κ3) is 2.49. The summed E-state index contributed by atoms with van der Waals surface area (Å²) in [5.74, 6) is -1.21. The monoisotopic (exact) mass is 301 g/mol. The third-order valence-electron chi connectivity index (χ3n) is 3.21. The molecule has 1 heterocycles. The van der Waals surface area contributed by atoms with E-state index in [9.17, 15) is 13.2 Å². The van der Waals surface area contributed by atoms with Crippen LogP contribution in [0.4, 0.5) is 0 Å². The molecular weight excluding hydrogens is 286 g/mol. The summed E-state index contributed by atoms with van der Waals surface area (Å²) in [7, 11) is -2.44. The molecule has 0 bridgehead atoms. The van der Waals surface area contributed by atoms with E-state index in [-0.39, 0.29) is 41.8 Å². The number of aliphatic hydroxyl groups is 1. The quantitative estimate of drug-likeness (QED) is 0.793. The number of nitrogens with zero attached hydrogens (tertiary/aromatic N) is 1. The second-order valence-electron chi connectivity index (χ2n) is 4.54. The van der Waals surface area contributed by atoms with E-state index in [4.69, 9.17) is 14.9 Å². The molecule has 0 atom stereocenters. The minimum Gasteiger partial charge on any atom is -0.495 e. The van der Waals surface area contributed by atoms with Gasteiger partial charge in [0.2, 0.25) is 10.0 Å². The number of aliphatic hydroxyl groups excluding tert-OH is 1. The van der Waals surface area contributed by atoms with Crippen molar-refractivity contribution in [3.05, 3.63) is 23.8 Å². The number of aromatic carboxylic acids is 1. The molecule has 110 valence electrons. The molecule has 1 saturated heterocycles. The lowest BCUT2D eigenvalue weighted by molar-refractivity contribution is 0.0696. The Balaban J connectivity index is 2.35. The molecule has 0 aromatic heterocycles. The minimum absolute atomic E-state index is 0.00246. The number of hydrogen-bond acceptors (Lipinski definition) is 5. The predicted molar refractivity (Wildman–Crippen MR) is 69.3 cm³/mol. The standard InChI is InChI=1S/C12H15NO6S/c1-19-10-4-9(12(15)16)2-3-11(10)20(17,18)13-5-8(6-13)7-14/h2-4,8,14H,5-7H2,1H3,(H,15,16). The van der Waals surface area contributed by atoms with Crippen LogP contribution in [0.3, 0.4) is 0 Å². The summed E-state index contributed by atoms with van der Waals surface area (Å²) in [4.78, 5) is 10.8. The van der Waals surface area contributed by atoms with Crippen LogP contribution in [0.25, 0.3) is 0 Å². The number of ether oxygens (including phenoxy) is 1. The molecule has 2 rings (SSSR count). The Bertz CT molecular complexity index is 621. The normalized spacial score (nSPS) is 16.7. The number of rotatable bonds is 5. The minimum atomic E-state index is -3.73. The number of carboxylic acids is 1. The summed E-state index contributed by atoms with van der Waals surface area (Å²) >= 11 is 0. The van der Waals surface area contributed by atoms with Crippen LogP contribution < -0.4 is 4.74 Å². The van der Waals surface area contributed by atoms with Crippen molar-refractivity contribution in [3.8, 4) is 5.75 Å². The van der Waals surface area contributed by atoms with Crippen molar-refractivity contribution in [1.29, 1.82) is 0 Å². The molecule has 2 N–H and O–H groups in total.